The third kappa shape index (κ3) is 4.19. The highest BCUT2D eigenvalue weighted by molar-refractivity contribution is 4.90. The highest BCUT2D eigenvalue weighted by atomic mass is 15.2. The van der Waals surface area contributed by atoms with Gasteiger partial charge in [0, 0.05) is 12.6 Å². The van der Waals surface area contributed by atoms with Gasteiger partial charge in [-0.2, -0.15) is 0 Å². The SMILES string of the molecule is CCCNC(CN1CCC2(CCCC2)CC1)C(C)C. The van der Waals surface area contributed by atoms with Gasteiger partial charge in [-0.25, -0.2) is 0 Å². The van der Waals surface area contributed by atoms with E-state index in [0.717, 1.165) is 11.3 Å². The zero-order chi connectivity index (χ0) is 13.7. The predicted molar refractivity (Wildman–Crippen MR) is 83.5 cm³/mol. The van der Waals surface area contributed by atoms with Gasteiger partial charge in [-0.3, -0.25) is 0 Å². The molecule has 112 valence electrons. The summed E-state index contributed by atoms with van der Waals surface area (Å²) in [5.74, 6) is 0.744. The first-order valence-corrected chi connectivity index (χ1v) is 8.61. The smallest absolute Gasteiger partial charge is 0.0217 e. The first-order valence-electron chi connectivity index (χ1n) is 8.61. The van der Waals surface area contributed by atoms with E-state index in [1.807, 2.05) is 0 Å². The van der Waals surface area contributed by atoms with Crippen molar-refractivity contribution < 1.29 is 0 Å². The maximum Gasteiger partial charge on any atom is 0.0217 e. The Kier molecular flexibility index (Phi) is 5.70. The zero-order valence-electron chi connectivity index (χ0n) is 13.4. The summed E-state index contributed by atoms with van der Waals surface area (Å²) in [4.78, 5) is 2.72. The minimum atomic E-state index is 0.678. The minimum Gasteiger partial charge on any atom is -0.312 e. The molecule has 1 unspecified atom stereocenters. The Morgan fingerprint density at radius 2 is 1.68 bits per heavy atom. The lowest BCUT2D eigenvalue weighted by Gasteiger charge is -2.41. The standard InChI is InChI=1S/C17H34N2/c1-4-11-18-16(15(2)3)14-19-12-9-17(10-13-19)7-5-6-8-17/h15-16,18H,4-14H2,1-3H3. The fourth-order valence-corrected chi connectivity index (χ4v) is 3.95. The van der Waals surface area contributed by atoms with Crippen LogP contribution in [0.3, 0.4) is 0 Å². The van der Waals surface area contributed by atoms with Crippen molar-refractivity contribution >= 4 is 0 Å². The lowest BCUT2D eigenvalue weighted by molar-refractivity contribution is 0.0951. The van der Waals surface area contributed by atoms with Crippen LogP contribution in [0.2, 0.25) is 0 Å². The quantitative estimate of drug-likeness (QED) is 0.789. The van der Waals surface area contributed by atoms with Gasteiger partial charge in [-0.05, 0) is 63.1 Å². The van der Waals surface area contributed by atoms with Crippen molar-refractivity contribution in [3.8, 4) is 0 Å². The summed E-state index contributed by atoms with van der Waals surface area (Å²) >= 11 is 0. The van der Waals surface area contributed by atoms with Gasteiger partial charge in [0.05, 0.1) is 0 Å². The van der Waals surface area contributed by atoms with E-state index in [1.54, 1.807) is 0 Å². The molecule has 1 N–H and O–H groups in total. The van der Waals surface area contributed by atoms with Crippen LogP contribution in [0.5, 0.6) is 0 Å². The van der Waals surface area contributed by atoms with Crippen molar-refractivity contribution in [3.05, 3.63) is 0 Å². The van der Waals surface area contributed by atoms with Gasteiger partial charge in [-0.15, -0.1) is 0 Å². The van der Waals surface area contributed by atoms with Gasteiger partial charge >= 0.3 is 0 Å². The monoisotopic (exact) mass is 266 g/mol. The molecule has 2 aliphatic rings. The highest BCUT2D eigenvalue weighted by Crippen LogP contribution is 2.46. The Hall–Kier alpha value is -0.0800. The van der Waals surface area contributed by atoms with Crippen LogP contribution in [0.25, 0.3) is 0 Å². The van der Waals surface area contributed by atoms with Crippen LogP contribution in [0.4, 0.5) is 0 Å². The molecule has 0 amide bonds. The van der Waals surface area contributed by atoms with Gasteiger partial charge in [0.15, 0.2) is 0 Å². The van der Waals surface area contributed by atoms with E-state index in [-0.39, 0.29) is 0 Å². The Morgan fingerprint density at radius 1 is 1.05 bits per heavy atom. The molecule has 1 saturated heterocycles. The van der Waals surface area contributed by atoms with Crippen LogP contribution in [-0.2, 0) is 0 Å². The largest absolute Gasteiger partial charge is 0.312 e. The molecule has 2 fully saturated rings. The van der Waals surface area contributed by atoms with Crippen LogP contribution >= 0.6 is 0 Å². The summed E-state index contributed by atoms with van der Waals surface area (Å²) in [5.41, 5.74) is 0.765. The fourth-order valence-electron chi connectivity index (χ4n) is 3.95. The third-order valence-electron chi connectivity index (χ3n) is 5.50. The number of nitrogens with one attached hydrogen (secondary N) is 1. The first-order chi connectivity index (χ1) is 9.15. The van der Waals surface area contributed by atoms with Crippen LogP contribution in [-0.4, -0.2) is 37.1 Å². The molecule has 0 aromatic heterocycles. The molecule has 0 radical (unpaired) electrons. The molecule has 2 nitrogen and oxygen atoms in total. The van der Waals surface area contributed by atoms with Crippen molar-refractivity contribution in [2.45, 2.75) is 71.8 Å². The van der Waals surface area contributed by atoms with Gasteiger partial charge in [0.25, 0.3) is 0 Å². The zero-order valence-corrected chi connectivity index (χ0v) is 13.4. The molecular formula is C17H34N2. The molecule has 1 spiro atoms. The molecule has 1 atom stereocenters. The molecule has 1 aliphatic heterocycles. The molecule has 2 rings (SSSR count). The summed E-state index contributed by atoms with van der Waals surface area (Å²) in [6.07, 6.45) is 10.2. The molecule has 1 aliphatic carbocycles. The second kappa shape index (κ2) is 7.08. The van der Waals surface area contributed by atoms with Crippen molar-refractivity contribution in [3.63, 3.8) is 0 Å². The van der Waals surface area contributed by atoms with E-state index in [0.29, 0.717) is 6.04 Å². The van der Waals surface area contributed by atoms with E-state index < -0.39 is 0 Å². The number of hydrogen-bond acceptors (Lipinski definition) is 2. The normalized spacial score (nSPS) is 25.3. The maximum atomic E-state index is 3.74. The number of nitrogens with zero attached hydrogens (tertiary/aromatic N) is 1. The molecule has 0 aromatic rings. The van der Waals surface area contributed by atoms with E-state index in [9.17, 15) is 0 Å². The molecular weight excluding hydrogens is 232 g/mol. The summed E-state index contributed by atoms with van der Waals surface area (Å²) in [6, 6.07) is 0.678. The fraction of sp³-hybridized carbons (Fsp3) is 1.00. The van der Waals surface area contributed by atoms with Crippen LogP contribution < -0.4 is 5.32 Å². The average Bonchev–Trinajstić information content (AvgIpc) is 2.85. The Balaban J connectivity index is 1.76. The van der Waals surface area contributed by atoms with Crippen LogP contribution in [0.1, 0.15) is 65.7 Å². The van der Waals surface area contributed by atoms with Gasteiger partial charge in [0.2, 0.25) is 0 Å². The summed E-state index contributed by atoms with van der Waals surface area (Å²) in [5, 5.41) is 3.74. The highest BCUT2D eigenvalue weighted by Gasteiger charge is 2.37. The Bertz CT molecular complexity index is 246. The molecule has 0 bridgehead atoms. The maximum absolute atomic E-state index is 3.74. The summed E-state index contributed by atoms with van der Waals surface area (Å²) in [7, 11) is 0. The van der Waals surface area contributed by atoms with Crippen molar-refractivity contribution in [2.24, 2.45) is 11.3 Å². The van der Waals surface area contributed by atoms with E-state index in [1.165, 1.54) is 71.1 Å². The number of hydrogen-bond donors (Lipinski definition) is 1. The molecule has 2 heteroatoms. The summed E-state index contributed by atoms with van der Waals surface area (Å²) < 4.78 is 0. The van der Waals surface area contributed by atoms with Gasteiger partial charge in [0.1, 0.15) is 0 Å². The van der Waals surface area contributed by atoms with E-state index in [4.69, 9.17) is 0 Å². The number of likely N-dealkylation sites (tertiary alicyclic amines) is 1. The van der Waals surface area contributed by atoms with Crippen molar-refractivity contribution in [1.82, 2.24) is 10.2 Å². The topological polar surface area (TPSA) is 15.3 Å². The lowest BCUT2D eigenvalue weighted by Crippen LogP contribution is -2.48. The van der Waals surface area contributed by atoms with E-state index in [2.05, 4.69) is 31.0 Å². The lowest BCUT2D eigenvalue weighted by atomic mass is 9.77. The van der Waals surface area contributed by atoms with Gasteiger partial charge < -0.3 is 10.2 Å². The number of piperidine rings is 1. The van der Waals surface area contributed by atoms with E-state index >= 15 is 0 Å². The Morgan fingerprint density at radius 3 is 2.21 bits per heavy atom. The second-order valence-corrected chi connectivity index (χ2v) is 7.31. The predicted octanol–water partition coefficient (Wildman–Crippen LogP) is 3.67. The van der Waals surface area contributed by atoms with Crippen LogP contribution in [0.15, 0.2) is 0 Å². The molecule has 19 heavy (non-hydrogen) atoms. The average molecular weight is 266 g/mol. The number of rotatable bonds is 6. The molecule has 0 aromatic carbocycles. The minimum absolute atomic E-state index is 0.678. The first kappa shape index (κ1) is 15.3. The molecule has 1 heterocycles. The Labute approximate surface area is 120 Å². The summed E-state index contributed by atoms with van der Waals surface area (Å²) in [6.45, 7) is 12.1. The van der Waals surface area contributed by atoms with Gasteiger partial charge in [-0.1, -0.05) is 33.6 Å². The molecule has 1 saturated carbocycles. The second-order valence-electron chi connectivity index (χ2n) is 7.31. The van der Waals surface area contributed by atoms with Crippen molar-refractivity contribution in [2.75, 3.05) is 26.2 Å². The van der Waals surface area contributed by atoms with Crippen molar-refractivity contribution in [1.29, 1.82) is 0 Å². The third-order valence-corrected chi connectivity index (χ3v) is 5.50. The van der Waals surface area contributed by atoms with Crippen LogP contribution in [0, 0.1) is 11.3 Å².